The van der Waals surface area contributed by atoms with Crippen LogP contribution in [0.2, 0.25) is 0 Å². The van der Waals surface area contributed by atoms with Gasteiger partial charge in [0.25, 0.3) is 11.7 Å². The first-order valence-corrected chi connectivity index (χ1v) is 13.4. The molecule has 222 valence electrons. The average Bonchev–Trinajstić information content (AvgIpc) is 3.70. The van der Waals surface area contributed by atoms with E-state index in [1.54, 1.807) is 13.0 Å². The van der Waals surface area contributed by atoms with E-state index in [9.17, 15) is 14.4 Å². The van der Waals surface area contributed by atoms with Gasteiger partial charge in [-0.2, -0.15) is 0 Å². The first kappa shape index (κ1) is 29.0. The predicted octanol–water partition coefficient (Wildman–Crippen LogP) is -0.378. The Morgan fingerprint density at radius 3 is 2.60 bits per heavy atom. The van der Waals surface area contributed by atoms with Crippen LogP contribution in [0.3, 0.4) is 0 Å². The molecule has 0 aliphatic carbocycles. The second-order valence-corrected chi connectivity index (χ2v) is 9.65. The molecule has 8 N–H and O–H groups in total. The van der Waals surface area contributed by atoms with Gasteiger partial charge in [-0.3, -0.25) is 30.3 Å². The highest BCUT2D eigenvalue weighted by Crippen LogP contribution is 2.34. The summed E-state index contributed by atoms with van der Waals surface area (Å²) in [6.07, 6.45) is 4.09. The quantitative estimate of drug-likeness (QED) is 0.0455. The zero-order valence-electron chi connectivity index (χ0n) is 23.3. The number of Topliss-reactive ketones (excluding diaryl/α,β-unsaturated/α-hetero) is 1. The molecule has 2 aromatic heterocycles. The number of nitrogens with two attached hydrogens (primary N) is 2. The fraction of sp³-hybridized carbons (Fsp3) is 0.333. The highest BCUT2D eigenvalue weighted by molar-refractivity contribution is 6.45. The number of amides is 1. The number of anilines is 1. The minimum atomic E-state index is -0.677. The molecule has 2 aliphatic rings. The van der Waals surface area contributed by atoms with Crippen molar-refractivity contribution < 1.29 is 23.9 Å². The van der Waals surface area contributed by atoms with Gasteiger partial charge in [-0.15, -0.1) is 0 Å². The topological polar surface area (TPSA) is 196 Å². The normalized spacial score (nSPS) is 17.9. The van der Waals surface area contributed by atoms with Gasteiger partial charge in [0.05, 0.1) is 53.8 Å². The second-order valence-electron chi connectivity index (χ2n) is 9.65. The maximum Gasteiger partial charge on any atom is 0.355 e. The van der Waals surface area contributed by atoms with Crippen LogP contribution < -0.4 is 37.7 Å². The predicted molar refractivity (Wildman–Crippen MR) is 153 cm³/mol. The smallest absolute Gasteiger partial charge is 0.355 e. The third-order valence-electron chi connectivity index (χ3n) is 7.26. The number of ketones is 1. The summed E-state index contributed by atoms with van der Waals surface area (Å²) < 4.78 is 10.5. The minimum Gasteiger partial charge on any atom is -0.494 e. The van der Waals surface area contributed by atoms with E-state index < -0.39 is 30.0 Å². The molecule has 1 aromatic carbocycles. The van der Waals surface area contributed by atoms with E-state index in [2.05, 4.69) is 26.2 Å². The Bertz CT molecular complexity index is 1490. The van der Waals surface area contributed by atoms with Crippen LogP contribution in [-0.2, 0) is 14.3 Å². The summed E-state index contributed by atoms with van der Waals surface area (Å²) in [5.74, 6) is 10.7. The van der Waals surface area contributed by atoms with Gasteiger partial charge in [0, 0.05) is 32.4 Å². The number of hydrogen-bond donors (Lipinski definition) is 6. The summed E-state index contributed by atoms with van der Waals surface area (Å²) in [6, 6.07) is 8.88. The fourth-order valence-corrected chi connectivity index (χ4v) is 5.12. The van der Waals surface area contributed by atoms with Crippen molar-refractivity contribution in [1.29, 1.82) is 0 Å². The molecule has 15 nitrogen and oxygen atoms in total. The number of esters is 1. The number of hydrazine groups is 3. The summed E-state index contributed by atoms with van der Waals surface area (Å²) in [4.78, 5) is 50.1. The Morgan fingerprint density at radius 1 is 1.19 bits per heavy atom. The number of aromatic nitrogens is 2. The lowest BCUT2D eigenvalue weighted by Crippen LogP contribution is -2.65. The summed E-state index contributed by atoms with van der Waals surface area (Å²) in [5.41, 5.74) is 10.7. The number of methoxy groups -OCH3 is 1. The Labute approximate surface area is 241 Å². The Morgan fingerprint density at radius 2 is 1.93 bits per heavy atom. The van der Waals surface area contributed by atoms with Gasteiger partial charge in [-0.25, -0.2) is 21.5 Å². The van der Waals surface area contributed by atoms with Gasteiger partial charge in [0.2, 0.25) is 0 Å². The first-order valence-electron chi connectivity index (χ1n) is 13.4. The zero-order valence-corrected chi connectivity index (χ0v) is 23.3. The Hall–Kier alpha value is -4.54. The lowest BCUT2D eigenvalue weighted by atomic mass is 10.0. The number of piperazine rings is 1. The number of fused-ring (bicyclic) bond motifs is 1. The summed E-state index contributed by atoms with van der Waals surface area (Å²) in [7, 11) is 1.46. The summed E-state index contributed by atoms with van der Waals surface area (Å²) >= 11 is 0. The molecule has 1 amide bonds. The van der Waals surface area contributed by atoms with Crippen LogP contribution in [-0.4, -0.2) is 83.6 Å². The van der Waals surface area contributed by atoms with E-state index in [0.29, 0.717) is 48.5 Å². The first-order chi connectivity index (χ1) is 20.4. The van der Waals surface area contributed by atoms with E-state index >= 15 is 0 Å². The largest absolute Gasteiger partial charge is 0.494 e. The van der Waals surface area contributed by atoms with E-state index in [4.69, 9.17) is 21.2 Å². The van der Waals surface area contributed by atoms with Gasteiger partial charge in [0.1, 0.15) is 11.4 Å². The van der Waals surface area contributed by atoms with Gasteiger partial charge in [-0.05, 0) is 25.1 Å². The van der Waals surface area contributed by atoms with Crippen molar-refractivity contribution in [3.05, 3.63) is 65.8 Å². The van der Waals surface area contributed by atoms with Gasteiger partial charge < -0.3 is 24.8 Å². The molecule has 0 spiro atoms. The summed E-state index contributed by atoms with van der Waals surface area (Å²) in [6.45, 7) is 3.44. The molecule has 42 heavy (non-hydrogen) atoms. The molecule has 0 radical (unpaired) electrons. The number of carbonyl (C=O) groups excluding carboxylic acids is 3. The van der Waals surface area contributed by atoms with E-state index in [1.165, 1.54) is 29.4 Å². The number of aromatic amines is 1. The molecule has 0 saturated carbocycles. The maximum absolute atomic E-state index is 13.5. The lowest BCUT2D eigenvalue weighted by molar-refractivity contribution is -0.139. The molecule has 1 fully saturated rings. The van der Waals surface area contributed by atoms with Crippen LogP contribution in [0.5, 0.6) is 5.75 Å². The molecule has 2 atom stereocenters. The highest BCUT2D eigenvalue weighted by Gasteiger charge is 2.33. The monoisotopic (exact) mass is 578 g/mol. The Kier molecular flexibility index (Phi) is 8.65. The van der Waals surface area contributed by atoms with Crippen molar-refractivity contribution in [2.45, 2.75) is 19.3 Å². The van der Waals surface area contributed by atoms with Crippen molar-refractivity contribution in [1.82, 2.24) is 36.0 Å². The lowest BCUT2D eigenvalue weighted by Gasteiger charge is -2.42. The van der Waals surface area contributed by atoms with Gasteiger partial charge in [0.15, 0.2) is 6.29 Å². The number of rotatable bonds is 10. The van der Waals surface area contributed by atoms with Crippen LogP contribution in [0.15, 0.2) is 54.5 Å². The Balaban J connectivity index is 1.32. The summed E-state index contributed by atoms with van der Waals surface area (Å²) in [5, 5.41) is 1.94. The number of nitrogens with one attached hydrogen (secondary N) is 4. The maximum atomic E-state index is 13.5. The van der Waals surface area contributed by atoms with Crippen LogP contribution in [0.4, 0.5) is 5.69 Å². The van der Waals surface area contributed by atoms with Crippen molar-refractivity contribution in [3.63, 3.8) is 0 Å². The molecule has 15 heteroatoms. The number of nitrogens with zero attached hydrogens (tertiary/aromatic N) is 4. The number of H-pyrrole nitrogens is 1. The van der Waals surface area contributed by atoms with Crippen LogP contribution in [0.25, 0.3) is 10.9 Å². The van der Waals surface area contributed by atoms with Gasteiger partial charge in [-0.1, -0.05) is 18.2 Å². The molecule has 2 unspecified atom stereocenters. The molecule has 5 rings (SSSR count). The molecular weight excluding hydrogens is 544 g/mol. The zero-order chi connectivity index (χ0) is 29.8. The highest BCUT2D eigenvalue weighted by atomic mass is 16.5. The number of para-hydroxylation sites is 1. The van der Waals surface area contributed by atoms with E-state index in [1.807, 2.05) is 35.2 Å². The van der Waals surface area contributed by atoms with Crippen molar-refractivity contribution in [3.8, 4) is 5.75 Å². The molecule has 0 bridgehead atoms. The second kappa shape index (κ2) is 12.5. The number of pyridine rings is 1. The number of hydrogen-bond acceptors (Lipinski definition) is 13. The molecule has 4 heterocycles. The van der Waals surface area contributed by atoms with Crippen LogP contribution in [0.1, 0.15) is 29.0 Å². The van der Waals surface area contributed by atoms with Crippen molar-refractivity contribution >= 4 is 34.3 Å². The minimum absolute atomic E-state index is 0.164. The van der Waals surface area contributed by atoms with Crippen LogP contribution in [0, 0.1) is 0 Å². The standard InChI is InChI=1S/C27H34N10O5/c1-3-42-26(40)19-13-18(33-34-19)22-23-21(20(41-2)15-31-22)17(14-30-23)24(38)25(39)35-9-11-36(12-10-35)27(32-28)37(29)16-7-5-4-6-8-16/h4-8,13-15,18,27,30,32-34H,3,9-12,28-29H2,1-2H3. The van der Waals surface area contributed by atoms with Crippen molar-refractivity contribution in [2.24, 2.45) is 11.7 Å². The molecular formula is C27H34N10O5. The molecule has 2 aliphatic heterocycles. The van der Waals surface area contributed by atoms with Crippen LogP contribution >= 0.6 is 0 Å². The number of benzene rings is 1. The van der Waals surface area contributed by atoms with E-state index in [-0.39, 0.29) is 17.9 Å². The van der Waals surface area contributed by atoms with Crippen molar-refractivity contribution in [2.75, 3.05) is 44.9 Å². The van der Waals surface area contributed by atoms with Gasteiger partial charge >= 0.3 is 5.97 Å². The number of carbonyl (C=O) groups is 3. The fourth-order valence-electron chi connectivity index (χ4n) is 5.12. The third-order valence-corrected chi connectivity index (χ3v) is 7.26. The SMILES string of the molecule is CCOC(=O)C1=CC(c2ncc(OC)c3c(C(=O)C(=O)N4CCN(C(NN)N(N)c5ccccc5)CC4)c[nH]c23)NN1. The average molecular weight is 579 g/mol. The molecule has 1 saturated heterocycles. The molecule has 3 aromatic rings. The third kappa shape index (κ3) is 5.50. The van der Waals surface area contributed by atoms with E-state index in [0.717, 1.165) is 5.69 Å². The number of ether oxygens (including phenoxy) is 2.